The summed E-state index contributed by atoms with van der Waals surface area (Å²) >= 11 is 9.17. The van der Waals surface area contributed by atoms with Gasteiger partial charge in [-0.15, -0.1) is 0 Å². The third-order valence-electron chi connectivity index (χ3n) is 2.47. The van der Waals surface area contributed by atoms with Crippen molar-refractivity contribution in [2.45, 2.75) is 0 Å². The number of carbonyl (C=O) groups excluding carboxylic acids is 1. The number of aromatic nitrogens is 1. The molecule has 0 radical (unpaired) electrons. The van der Waals surface area contributed by atoms with Gasteiger partial charge in [0.25, 0.3) is 5.91 Å². The SMILES string of the molecule is Cn1cc(NC(=O)c2cc(Cl)cc(Br)c2)ccc1=O. The minimum absolute atomic E-state index is 0.136. The molecule has 4 nitrogen and oxygen atoms in total. The van der Waals surface area contributed by atoms with E-state index in [1.807, 2.05) is 0 Å². The van der Waals surface area contributed by atoms with Crippen molar-refractivity contribution in [3.05, 3.63) is 61.9 Å². The second-order valence-electron chi connectivity index (χ2n) is 3.98. The number of nitrogens with zero attached hydrogens (tertiary/aromatic N) is 1. The fraction of sp³-hybridized carbons (Fsp3) is 0.0769. The van der Waals surface area contributed by atoms with Crippen LogP contribution in [0.3, 0.4) is 0 Å². The van der Waals surface area contributed by atoms with Crippen molar-refractivity contribution in [2.75, 3.05) is 5.32 Å². The van der Waals surface area contributed by atoms with Crippen molar-refractivity contribution in [1.29, 1.82) is 0 Å². The van der Waals surface area contributed by atoms with Crippen LogP contribution in [0.1, 0.15) is 10.4 Å². The smallest absolute Gasteiger partial charge is 0.255 e. The highest BCUT2D eigenvalue weighted by Crippen LogP contribution is 2.20. The van der Waals surface area contributed by atoms with E-state index in [0.717, 1.165) is 4.47 Å². The van der Waals surface area contributed by atoms with Crippen molar-refractivity contribution >= 4 is 39.1 Å². The third kappa shape index (κ3) is 3.45. The Morgan fingerprint density at radius 2 is 2.05 bits per heavy atom. The first kappa shape index (κ1) is 13.8. The molecule has 1 N–H and O–H groups in total. The average molecular weight is 342 g/mol. The molecule has 0 bridgehead atoms. The predicted octanol–water partition coefficient (Wildman–Crippen LogP) is 3.05. The molecule has 6 heteroatoms. The largest absolute Gasteiger partial charge is 0.321 e. The lowest BCUT2D eigenvalue weighted by Gasteiger charge is -2.07. The molecule has 0 aliphatic heterocycles. The Morgan fingerprint density at radius 3 is 2.68 bits per heavy atom. The maximum Gasteiger partial charge on any atom is 0.255 e. The highest BCUT2D eigenvalue weighted by Gasteiger charge is 2.08. The number of halogens is 2. The number of pyridine rings is 1. The van der Waals surface area contributed by atoms with Crippen LogP contribution in [0.5, 0.6) is 0 Å². The standard InChI is InChI=1S/C13H10BrClN2O2/c1-17-7-11(2-3-12(17)18)16-13(19)8-4-9(14)6-10(15)5-8/h2-7H,1H3,(H,16,19). The quantitative estimate of drug-likeness (QED) is 0.913. The van der Waals surface area contributed by atoms with E-state index in [4.69, 9.17) is 11.6 Å². The van der Waals surface area contributed by atoms with E-state index < -0.39 is 0 Å². The van der Waals surface area contributed by atoms with Crippen LogP contribution in [0.2, 0.25) is 5.02 Å². The van der Waals surface area contributed by atoms with Gasteiger partial charge in [0.2, 0.25) is 5.56 Å². The molecule has 0 fully saturated rings. The summed E-state index contributed by atoms with van der Waals surface area (Å²) in [6.45, 7) is 0. The number of hydrogen-bond donors (Lipinski definition) is 1. The Hall–Kier alpha value is -1.59. The van der Waals surface area contributed by atoms with Gasteiger partial charge in [-0.1, -0.05) is 27.5 Å². The highest BCUT2D eigenvalue weighted by atomic mass is 79.9. The molecule has 0 saturated heterocycles. The summed E-state index contributed by atoms with van der Waals surface area (Å²) < 4.78 is 2.12. The molecule has 1 aromatic heterocycles. The molecule has 0 unspecified atom stereocenters. The highest BCUT2D eigenvalue weighted by molar-refractivity contribution is 9.10. The normalized spacial score (nSPS) is 10.3. The van der Waals surface area contributed by atoms with E-state index in [-0.39, 0.29) is 11.5 Å². The van der Waals surface area contributed by atoms with Crippen LogP contribution in [-0.4, -0.2) is 10.5 Å². The topological polar surface area (TPSA) is 51.1 Å². The minimum Gasteiger partial charge on any atom is -0.321 e. The molecule has 19 heavy (non-hydrogen) atoms. The number of aryl methyl sites for hydroxylation is 1. The second kappa shape index (κ2) is 5.59. The van der Waals surface area contributed by atoms with Crippen molar-refractivity contribution in [3.63, 3.8) is 0 Å². The summed E-state index contributed by atoms with van der Waals surface area (Å²) in [5.41, 5.74) is 0.847. The van der Waals surface area contributed by atoms with Crippen molar-refractivity contribution in [2.24, 2.45) is 7.05 Å². The zero-order valence-corrected chi connectivity index (χ0v) is 12.3. The Morgan fingerprint density at radius 1 is 1.32 bits per heavy atom. The van der Waals surface area contributed by atoms with Crippen molar-refractivity contribution in [1.82, 2.24) is 4.57 Å². The fourth-order valence-corrected chi connectivity index (χ4v) is 2.42. The van der Waals surface area contributed by atoms with Crippen LogP contribution in [0, 0.1) is 0 Å². The molecule has 2 rings (SSSR count). The van der Waals surface area contributed by atoms with Crippen molar-refractivity contribution in [3.8, 4) is 0 Å². The van der Waals surface area contributed by atoms with E-state index in [2.05, 4.69) is 21.2 Å². The molecule has 0 aliphatic carbocycles. The number of hydrogen-bond acceptors (Lipinski definition) is 2. The number of amides is 1. The van der Waals surface area contributed by atoms with Crippen LogP contribution in [0.4, 0.5) is 5.69 Å². The van der Waals surface area contributed by atoms with Crippen LogP contribution in [0.25, 0.3) is 0 Å². The van der Waals surface area contributed by atoms with E-state index in [1.54, 1.807) is 37.5 Å². The first-order valence-corrected chi connectivity index (χ1v) is 6.57. The van der Waals surface area contributed by atoms with Crippen molar-refractivity contribution < 1.29 is 4.79 Å². The molecule has 0 spiro atoms. The summed E-state index contributed by atoms with van der Waals surface area (Å²) in [4.78, 5) is 23.3. The molecule has 0 aliphatic rings. The zero-order valence-electron chi connectivity index (χ0n) is 9.98. The van der Waals surface area contributed by atoms with Crippen LogP contribution in [0.15, 0.2) is 45.8 Å². The fourth-order valence-electron chi connectivity index (χ4n) is 1.56. The Bertz CT molecular complexity index is 677. The second-order valence-corrected chi connectivity index (χ2v) is 5.33. The van der Waals surface area contributed by atoms with Gasteiger partial charge in [-0.05, 0) is 24.3 Å². The summed E-state index contributed by atoms with van der Waals surface area (Å²) in [6, 6.07) is 7.89. The van der Waals surface area contributed by atoms with Gasteiger partial charge in [-0.25, -0.2) is 0 Å². The Balaban J connectivity index is 2.25. The molecule has 1 aromatic carbocycles. The molecule has 0 atom stereocenters. The molecule has 98 valence electrons. The maximum absolute atomic E-state index is 12.0. The minimum atomic E-state index is -0.290. The van der Waals surface area contributed by atoms with Gasteiger partial charge in [-0.2, -0.15) is 0 Å². The molecular formula is C13H10BrClN2O2. The molecular weight excluding hydrogens is 332 g/mol. The average Bonchev–Trinajstić information content (AvgIpc) is 2.32. The first-order chi connectivity index (χ1) is 8.95. The van der Waals surface area contributed by atoms with Gasteiger partial charge in [0.15, 0.2) is 0 Å². The first-order valence-electron chi connectivity index (χ1n) is 5.40. The lowest BCUT2D eigenvalue weighted by molar-refractivity contribution is 0.102. The summed E-state index contributed by atoms with van der Waals surface area (Å²) in [7, 11) is 1.62. The Kier molecular flexibility index (Phi) is 4.07. The third-order valence-corrected chi connectivity index (χ3v) is 3.14. The van der Waals surface area contributed by atoms with Gasteiger partial charge < -0.3 is 9.88 Å². The Labute approximate surface area is 123 Å². The molecule has 1 amide bonds. The van der Waals surface area contributed by atoms with Crippen LogP contribution in [-0.2, 0) is 7.05 Å². The molecule has 1 heterocycles. The number of carbonyl (C=O) groups is 1. The lowest BCUT2D eigenvalue weighted by atomic mass is 10.2. The van der Waals surface area contributed by atoms with Crippen LogP contribution < -0.4 is 10.9 Å². The number of benzene rings is 1. The number of rotatable bonds is 2. The van der Waals surface area contributed by atoms with Gasteiger partial charge in [0, 0.05) is 34.4 Å². The predicted molar refractivity (Wildman–Crippen MR) is 78.8 cm³/mol. The van der Waals surface area contributed by atoms with Gasteiger partial charge in [0.1, 0.15) is 0 Å². The van der Waals surface area contributed by atoms with Gasteiger partial charge in [0.05, 0.1) is 5.69 Å². The molecule has 2 aromatic rings. The number of nitrogens with one attached hydrogen (secondary N) is 1. The summed E-state index contributed by atoms with van der Waals surface area (Å²) in [5, 5.41) is 3.17. The summed E-state index contributed by atoms with van der Waals surface area (Å²) in [5.74, 6) is -0.290. The van der Waals surface area contributed by atoms with E-state index in [1.165, 1.54) is 10.6 Å². The van der Waals surface area contributed by atoms with Gasteiger partial charge >= 0.3 is 0 Å². The monoisotopic (exact) mass is 340 g/mol. The zero-order chi connectivity index (χ0) is 14.0. The van der Waals surface area contributed by atoms with Crippen LogP contribution >= 0.6 is 27.5 Å². The molecule has 0 saturated carbocycles. The lowest BCUT2D eigenvalue weighted by Crippen LogP contribution is -2.18. The van der Waals surface area contributed by atoms with E-state index in [9.17, 15) is 9.59 Å². The maximum atomic E-state index is 12.0. The number of anilines is 1. The van der Waals surface area contributed by atoms with E-state index in [0.29, 0.717) is 16.3 Å². The van der Waals surface area contributed by atoms with E-state index >= 15 is 0 Å². The van der Waals surface area contributed by atoms with Gasteiger partial charge in [-0.3, -0.25) is 9.59 Å². The summed E-state index contributed by atoms with van der Waals surface area (Å²) in [6.07, 6.45) is 1.56.